The maximum Gasteiger partial charge on any atom is 0.0568 e. The first kappa shape index (κ1) is 14.6. The highest BCUT2D eigenvalue weighted by Gasteiger charge is 2.08. The highest BCUT2D eigenvalue weighted by molar-refractivity contribution is 5.63. The molecule has 1 heterocycles. The Hall–Kier alpha value is -1.77. The molecule has 1 atom stereocenters. The van der Waals surface area contributed by atoms with Crippen molar-refractivity contribution in [2.75, 3.05) is 5.73 Å². The molecule has 1 aromatic carbocycles. The van der Waals surface area contributed by atoms with Crippen LogP contribution >= 0.6 is 0 Å². The molecule has 2 rings (SSSR count). The molecule has 0 radical (unpaired) electrons. The van der Waals surface area contributed by atoms with Crippen LogP contribution in [-0.2, 0) is 6.54 Å². The molecule has 0 saturated carbocycles. The summed E-state index contributed by atoms with van der Waals surface area (Å²) in [5.74, 6) is 0.731. The molecular weight excluding hydrogens is 246 g/mol. The van der Waals surface area contributed by atoms with Gasteiger partial charge >= 0.3 is 0 Å². The van der Waals surface area contributed by atoms with E-state index in [-0.39, 0.29) is 0 Å². The minimum Gasteiger partial charge on any atom is -0.399 e. The van der Waals surface area contributed by atoms with Crippen LogP contribution in [0, 0.1) is 5.92 Å². The summed E-state index contributed by atoms with van der Waals surface area (Å²) in [6.45, 7) is 5.54. The Labute approximate surface area is 121 Å². The molecule has 108 valence electrons. The molecule has 20 heavy (non-hydrogen) atoms. The Morgan fingerprint density at radius 1 is 1.15 bits per heavy atom. The number of rotatable bonds is 7. The van der Waals surface area contributed by atoms with Crippen molar-refractivity contribution in [1.82, 2.24) is 9.78 Å². The third-order valence-electron chi connectivity index (χ3n) is 3.87. The second kappa shape index (κ2) is 7.13. The van der Waals surface area contributed by atoms with Gasteiger partial charge in [-0.1, -0.05) is 45.2 Å². The SMILES string of the molecule is CCCCC(CC)Cn1cc(-c2ccc(N)cc2)cn1. The average molecular weight is 271 g/mol. The lowest BCUT2D eigenvalue weighted by Crippen LogP contribution is -2.10. The van der Waals surface area contributed by atoms with Gasteiger partial charge in [-0.15, -0.1) is 0 Å². The summed E-state index contributed by atoms with van der Waals surface area (Å²) in [5.41, 5.74) is 8.85. The number of benzene rings is 1. The van der Waals surface area contributed by atoms with Crippen molar-refractivity contribution in [2.45, 2.75) is 46.1 Å². The van der Waals surface area contributed by atoms with Crippen LogP contribution in [-0.4, -0.2) is 9.78 Å². The van der Waals surface area contributed by atoms with Crippen molar-refractivity contribution in [2.24, 2.45) is 5.92 Å². The van der Waals surface area contributed by atoms with Gasteiger partial charge in [-0.3, -0.25) is 4.68 Å². The molecule has 0 aliphatic heterocycles. The van der Waals surface area contributed by atoms with Gasteiger partial charge in [0.1, 0.15) is 0 Å². The zero-order valence-electron chi connectivity index (χ0n) is 12.5. The van der Waals surface area contributed by atoms with E-state index >= 15 is 0 Å². The second-order valence-electron chi connectivity index (χ2n) is 5.49. The molecule has 0 spiro atoms. The van der Waals surface area contributed by atoms with Crippen LogP contribution in [0.15, 0.2) is 36.7 Å². The smallest absolute Gasteiger partial charge is 0.0568 e. The summed E-state index contributed by atoms with van der Waals surface area (Å²) in [4.78, 5) is 0. The standard InChI is InChI=1S/C17H25N3/c1-3-5-6-14(4-2)12-20-13-16(11-19-20)15-7-9-17(18)10-8-15/h7-11,13-14H,3-6,12,18H2,1-2H3. The van der Waals surface area contributed by atoms with Crippen LogP contribution in [0.4, 0.5) is 5.69 Å². The van der Waals surface area contributed by atoms with Gasteiger partial charge in [0.2, 0.25) is 0 Å². The van der Waals surface area contributed by atoms with Crippen molar-refractivity contribution in [3.63, 3.8) is 0 Å². The van der Waals surface area contributed by atoms with E-state index in [1.807, 2.05) is 30.5 Å². The number of hydrogen-bond donors (Lipinski definition) is 1. The van der Waals surface area contributed by atoms with Gasteiger partial charge in [0, 0.05) is 24.0 Å². The zero-order chi connectivity index (χ0) is 14.4. The van der Waals surface area contributed by atoms with Gasteiger partial charge in [0.15, 0.2) is 0 Å². The first-order valence-electron chi connectivity index (χ1n) is 7.61. The molecule has 3 nitrogen and oxygen atoms in total. The Kier molecular flexibility index (Phi) is 5.22. The number of nitrogens with zero attached hydrogens (tertiary/aromatic N) is 2. The lowest BCUT2D eigenvalue weighted by atomic mass is 9.99. The summed E-state index contributed by atoms with van der Waals surface area (Å²) in [6.07, 6.45) is 9.18. The quantitative estimate of drug-likeness (QED) is 0.761. The van der Waals surface area contributed by atoms with Crippen LogP contribution in [0.2, 0.25) is 0 Å². The summed E-state index contributed by atoms with van der Waals surface area (Å²) >= 11 is 0. The van der Waals surface area contributed by atoms with E-state index in [1.165, 1.54) is 31.2 Å². The topological polar surface area (TPSA) is 43.8 Å². The molecule has 2 N–H and O–H groups in total. The van der Waals surface area contributed by atoms with Crippen molar-refractivity contribution in [1.29, 1.82) is 0 Å². The average Bonchev–Trinajstić information content (AvgIpc) is 2.92. The maximum atomic E-state index is 5.72. The zero-order valence-corrected chi connectivity index (χ0v) is 12.5. The van der Waals surface area contributed by atoms with E-state index in [0.717, 1.165) is 23.7 Å². The van der Waals surface area contributed by atoms with E-state index < -0.39 is 0 Å². The number of aromatic nitrogens is 2. The number of hydrogen-bond acceptors (Lipinski definition) is 2. The lowest BCUT2D eigenvalue weighted by molar-refractivity contribution is 0.372. The Balaban J connectivity index is 2.02. The molecule has 0 aliphatic rings. The predicted molar refractivity (Wildman–Crippen MR) is 85.4 cm³/mol. The maximum absolute atomic E-state index is 5.72. The molecule has 0 fully saturated rings. The number of nitrogen functional groups attached to an aromatic ring is 1. The minimum atomic E-state index is 0.731. The predicted octanol–water partition coefficient (Wildman–Crippen LogP) is 4.35. The van der Waals surface area contributed by atoms with Gasteiger partial charge in [-0.05, 0) is 30.0 Å². The second-order valence-corrected chi connectivity index (χ2v) is 5.49. The van der Waals surface area contributed by atoms with Crippen LogP contribution in [0.1, 0.15) is 39.5 Å². The third kappa shape index (κ3) is 3.86. The first-order valence-corrected chi connectivity index (χ1v) is 7.61. The molecule has 2 aromatic rings. The molecule has 0 amide bonds. The first-order chi connectivity index (χ1) is 9.72. The minimum absolute atomic E-state index is 0.731. The highest BCUT2D eigenvalue weighted by Crippen LogP contribution is 2.21. The molecule has 3 heteroatoms. The summed E-state index contributed by atoms with van der Waals surface area (Å²) in [5, 5.41) is 4.50. The van der Waals surface area contributed by atoms with Gasteiger partial charge < -0.3 is 5.73 Å². The Morgan fingerprint density at radius 3 is 2.55 bits per heavy atom. The summed E-state index contributed by atoms with van der Waals surface area (Å²) in [7, 11) is 0. The lowest BCUT2D eigenvalue weighted by Gasteiger charge is -2.14. The van der Waals surface area contributed by atoms with Crippen molar-refractivity contribution in [3.05, 3.63) is 36.7 Å². The number of anilines is 1. The van der Waals surface area contributed by atoms with Crippen molar-refractivity contribution < 1.29 is 0 Å². The van der Waals surface area contributed by atoms with Gasteiger partial charge in [-0.2, -0.15) is 5.10 Å². The largest absolute Gasteiger partial charge is 0.399 e. The van der Waals surface area contributed by atoms with Crippen molar-refractivity contribution in [3.8, 4) is 11.1 Å². The molecule has 1 unspecified atom stereocenters. The monoisotopic (exact) mass is 271 g/mol. The highest BCUT2D eigenvalue weighted by atomic mass is 15.3. The van der Waals surface area contributed by atoms with E-state index in [9.17, 15) is 0 Å². The number of unbranched alkanes of at least 4 members (excludes halogenated alkanes) is 1. The van der Waals surface area contributed by atoms with E-state index in [4.69, 9.17) is 5.73 Å². The van der Waals surface area contributed by atoms with Crippen molar-refractivity contribution >= 4 is 5.69 Å². The Bertz CT molecular complexity index is 513. The normalized spacial score (nSPS) is 12.5. The fraction of sp³-hybridized carbons (Fsp3) is 0.471. The fourth-order valence-electron chi connectivity index (χ4n) is 2.47. The third-order valence-corrected chi connectivity index (χ3v) is 3.87. The van der Waals surface area contributed by atoms with Crippen LogP contribution in [0.5, 0.6) is 0 Å². The molecule has 0 aliphatic carbocycles. The van der Waals surface area contributed by atoms with E-state index in [1.54, 1.807) is 0 Å². The fourth-order valence-corrected chi connectivity index (χ4v) is 2.47. The molecule has 1 aromatic heterocycles. The molecule has 0 bridgehead atoms. The van der Waals surface area contributed by atoms with Crippen LogP contribution in [0.3, 0.4) is 0 Å². The summed E-state index contributed by atoms with van der Waals surface area (Å²) in [6, 6.07) is 7.96. The van der Waals surface area contributed by atoms with Gasteiger partial charge in [0.05, 0.1) is 6.20 Å². The Morgan fingerprint density at radius 2 is 1.90 bits per heavy atom. The van der Waals surface area contributed by atoms with Crippen LogP contribution < -0.4 is 5.73 Å². The van der Waals surface area contributed by atoms with E-state index in [0.29, 0.717) is 0 Å². The number of nitrogens with two attached hydrogens (primary N) is 1. The van der Waals surface area contributed by atoms with Crippen LogP contribution in [0.25, 0.3) is 11.1 Å². The molecule has 0 saturated heterocycles. The molecular formula is C17H25N3. The van der Waals surface area contributed by atoms with E-state index in [2.05, 4.69) is 29.8 Å². The summed E-state index contributed by atoms with van der Waals surface area (Å²) < 4.78 is 2.08. The van der Waals surface area contributed by atoms with Gasteiger partial charge in [0.25, 0.3) is 0 Å². The van der Waals surface area contributed by atoms with Gasteiger partial charge in [-0.25, -0.2) is 0 Å².